The van der Waals surface area contributed by atoms with Crippen LogP contribution in [-0.2, 0) is 6.54 Å². The molecule has 17 heavy (non-hydrogen) atoms. The third-order valence-electron chi connectivity index (χ3n) is 3.45. The van der Waals surface area contributed by atoms with Gasteiger partial charge in [-0.1, -0.05) is 11.3 Å². The van der Waals surface area contributed by atoms with Crippen molar-refractivity contribution in [1.82, 2.24) is 14.8 Å². The molecule has 0 bridgehead atoms. The number of aromatic nitrogens is 1. The van der Waals surface area contributed by atoms with E-state index < -0.39 is 0 Å². The van der Waals surface area contributed by atoms with Crippen LogP contribution in [0.3, 0.4) is 0 Å². The number of nitrogens with zero attached hydrogens (tertiary/aromatic N) is 3. The van der Waals surface area contributed by atoms with E-state index >= 15 is 0 Å². The van der Waals surface area contributed by atoms with E-state index in [1.54, 1.807) is 11.3 Å². The molecule has 2 heterocycles. The maximum atomic E-state index is 5.34. The fraction of sp³-hybridized carbons (Fsp3) is 0.727. The monoisotopic (exact) mass is 255 g/mol. The van der Waals surface area contributed by atoms with Crippen LogP contribution in [0.1, 0.15) is 18.7 Å². The number of nitrogen functional groups attached to an aromatic ring is 1. The Morgan fingerprint density at radius 3 is 2.88 bits per heavy atom. The summed E-state index contributed by atoms with van der Waals surface area (Å²) in [4.78, 5) is 10.4. The van der Waals surface area contributed by atoms with Crippen molar-refractivity contribution in [3.63, 3.8) is 0 Å². The summed E-state index contributed by atoms with van der Waals surface area (Å²) in [6, 6.07) is 0. The molecule has 1 aromatic rings. The number of piperazine rings is 1. The number of hydrogen-bond donors (Lipinski definition) is 2. The molecule has 5 nitrogen and oxygen atoms in total. The molecule has 6 heteroatoms. The molecule has 0 radical (unpaired) electrons. The van der Waals surface area contributed by atoms with E-state index in [9.17, 15) is 0 Å². The third kappa shape index (κ3) is 2.95. The summed E-state index contributed by atoms with van der Waals surface area (Å²) in [7, 11) is 2.19. The second kappa shape index (κ2) is 4.89. The smallest absolute Gasteiger partial charge is 0.197 e. The molecule has 0 aliphatic carbocycles. The number of nitrogens with one attached hydrogen (secondary N) is 1. The van der Waals surface area contributed by atoms with E-state index in [0.29, 0.717) is 0 Å². The van der Waals surface area contributed by atoms with Gasteiger partial charge in [0.1, 0.15) is 0 Å². The van der Waals surface area contributed by atoms with Gasteiger partial charge in [0.05, 0.1) is 0 Å². The van der Waals surface area contributed by atoms with Crippen molar-refractivity contribution in [1.29, 1.82) is 0 Å². The molecule has 1 aliphatic heterocycles. The van der Waals surface area contributed by atoms with Gasteiger partial charge in [-0.2, -0.15) is 0 Å². The van der Waals surface area contributed by atoms with Crippen molar-refractivity contribution in [2.75, 3.05) is 32.1 Å². The molecular formula is C11H21N5S. The van der Waals surface area contributed by atoms with Crippen LogP contribution in [-0.4, -0.2) is 47.0 Å². The summed E-state index contributed by atoms with van der Waals surface area (Å²) in [5.41, 5.74) is 2.84. The number of thiazole rings is 1. The van der Waals surface area contributed by atoms with Gasteiger partial charge in [-0.3, -0.25) is 15.2 Å². The number of likely N-dealkylation sites (N-methyl/N-ethyl adjacent to an activating group) is 1. The minimum absolute atomic E-state index is 0.248. The Morgan fingerprint density at radius 1 is 1.53 bits per heavy atom. The van der Waals surface area contributed by atoms with Crippen LogP contribution in [0.4, 0.5) is 5.13 Å². The highest BCUT2D eigenvalue weighted by Crippen LogP contribution is 2.23. The highest BCUT2D eigenvalue weighted by Gasteiger charge is 2.30. The molecule has 1 aliphatic rings. The number of hydrazine groups is 1. The fourth-order valence-corrected chi connectivity index (χ4v) is 2.91. The van der Waals surface area contributed by atoms with Crippen molar-refractivity contribution < 1.29 is 0 Å². The van der Waals surface area contributed by atoms with Crippen molar-refractivity contribution in [2.24, 2.45) is 5.84 Å². The van der Waals surface area contributed by atoms with Gasteiger partial charge in [-0.25, -0.2) is 10.8 Å². The number of anilines is 1. The van der Waals surface area contributed by atoms with Crippen LogP contribution in [0.2, 0.25) is 0 Å². The molecule has 0 aromatic carbocycles. The molecular weight excluding hydrogens is 234 g/mol. The number of nitrogens with two attached hydrogens (primary N) is 1. The second-order valence-electron chi connectivity index (χ2n) is 5.22. The average Bonchev–Trinajstić information content (AvgIpc) is 2.71. The SMILES string of the molecule is CN1CCN(Cc2cnc(NN)s2)CC1(C)C. The second-order valence-corrected chi connectivity index (χ2v) is 6.34. The molecule has 1 aromatic heterocycles. The van der Waals surface area contributed by atoms with Gasteiger partial charge in [-0.05, 0) is 20.9 Å². The summed E-state index contributed by atoms with van der Waals surface area (Å²) in [5, 5.41) is 0.786. The Morgan fingerprint density at radius 2 is 2.29 bits per heavy atom. The van der Waals surface area contributed by atoms with E-state index in [2.05, 4.69) is 41.1 Å². The molecule has 1 saturated heterocycles. The maximum Gasteiger partial charge on any atom is 0.197 e. The largest absolute Gasteiger partial charge is 0.300 e. The van der Waals surface area contributed by atoms with Gasteiger partial charge in [0.25, 0.3) is 0 Å². The maximum absolute atomic E-state index is 5.34. The number of rotatable bonds is 3. The van der Waals surface area contributed by atoms with E-state index in [0.717, 1.165) is 31.3 Å². The Hall–Kier alpha value is -0.690. The lowest BCUT2D eigenvalue weighted by Gasteiger charge is -2.45. The lowest BCUT2D eigenvalue weighted by Crippen LogP contribution is -2.57. The predicted octanol–water partition coefficient (Wildman–Crippen LogP) is 0.955. The lowest BCUT2D eigenvalue weighted by molar-refractivity contribution is 0.0365. The van der Waals surface area contributed by atoms with Crippen LogP contribution in [0.25, 0.3) is 0 Å². The molecule has 0 unspecified atom stereocenters. The van der Waals surface area contributed by atoms with Crippen LogP contribution in [0.15, 0.2) is 6.20 Å². The normalized spacial score (nSPS) is 21.6. The van der Waals surface area contributed by atoms with Crippen molar-refractivity contribution in [3.05, 3.63) is 11.1 Å². The fourth-order valence-electron chi connectivity index (χ4n) is 2.14. The summed E-state index contributed by atoms with van der Waals surface area (Å²) in [5.74, 6) is 5.34. The van der Waals surface area contributed by atoms with Gasteiger partial charge in [0, 0.05) is 42.8 Å². The Balaban J connectivity index is 1.96. The minimum Gasteiger partial charge on any atom is -0.300 e. The minimum atomic E-state index is 0.248. The molecule has 1 fully saturated rings. The zero-order valence-electron chi connectivity index (χ0n) is 10.7. The summed E-state index contributed by atoms with van der Waals surface area (Å²) in [6.45, 7) is 8.87. The van der Waals surface area contributed by atoms with Gasteiger partial charge in [0.2, 0.25) is 0 Å². The van der Waals surface area contributed by atoms with E-state index in [4.69, 9.17) is 5.84 Å². The first kappa shape index (κ1) is 12.8. The molecule has 0 atom stereocenters. The average molecular weight is 255 g/mol. The Labute approximate surface area is 107 Å². The molecule has 96 valence electrons. The van der Waals surface area contributed by atoms with Gasteiger partial charge < -0.3 is 0 Å². The highest BCUT2D eigenvalue weighted by molar-refractivity contribution is 7.15. The first-order valence-corrected chi connectivity index (χ1v) is 6.68. The van der Waals surface area contributed by atoms with E-state index in [1.165, 1.54) is 4.88 Å². The van der Waals surface area contributed by atoms with Crippen LogP contribution in [0, 0.1) is 0 Å². The molecule has 0 saturated carbocycles. The summed E-state index contributed by atoms with van der Waals surface area (Å²) in [6.07, 6.45) is 1.91. The van der Waals surface area contributed by atoms with E-state index in [1.807, 2.05) is 6.20 Å². The van der Waals surface area contributed by atoms with E-state index in [-0.39, 0.29) is 5.54 Å². The van der Waals surface area contributed by atoms with Crippen molar-refractivity contribution in [3.8, 4) is 0 Å². The zero-order chi connectivity index (χ0) is 12.5. The zero-order valence-corrected chi connectivity index (χ0v) is 11.5. The van der Waals surface area contributed by atoms with Crippen LogP contribution in [0.5, 0.6) is 0 Å². The summed E-state index contributed by atoms with van der Waals surface area (Å²) >= 11 is 1.62. The molecule has 3 N–H and O–H groups in total. The van der Waals surface area contributed by atoms with Gasteiger partial charge >= 0.3 is 0 Å². The summed E-state index contributed by atoms with van der Waals surface area (Å²) < 4.78 is 0. The van der Waals surface area contributed by atoms with Gasteiger partial charge in [0.15, 0.2) is 5.13 Å². The Bertz CT molecular complexity index is 376. The number of hydrogen-bond acceptors (Lipinski definition) is 6. The Kier molecular flexibility index (Phi) is 3.67. The van der Waals surface area contributed by atoms with Crippen LogP contribution < -0.4 is 11.3 Å². The molecule has 2 rings (SSSR count). The standard InChI is InChI=1S/C11H21N5S/c1-11(2)8-16(5-4-15(11)3)7-9-6-13-10(14-12)17-9/h6H,4-5,7-8,12H2,1-3H3,(H,13,14). The highest BCUT2D eigenvalue weighted by atomic mass is 32.1. The topological polar surface area (TPSA) is 57.4 Å². The lowest BCUT2D eigenvalue weighted by atomic mass is 10.00. The van der Waals surface area contributed by atoms with Crippen molar-refractivity contribution in [2.45, 2.75) is 25.9 Å². The van der Waals surface area contributed by atoms with Crippen molar-refractivity contribution >= 4 is 16.5 Å². The first-order valence-electron chi connectivity index (χ1n) is 5.86. The van der Waals surface area contributed by atoms with Gasteiger partial charge in [-0.15, -0.1) is 0 Å². The quantitative estimate of drug-likeness (QED) is 0.622. The third-order valence-corrected chi connectivity index (χ3v) is 4.37. The molecule has 0 amide bonds. The predicted molar refractivity (Wildman–Crippen MR) is 71.9 cm³/mol. The van der Waals surface area contributed by atoms with Crippen LogP contribution >= 0.6 is 11.3 Å². The molecule has 0 spiro atoms. The first-order chi connectivity index (χ1) is 8.01.